The van der Waals surface area contributed by atoms with E-state index in [0.717, 1.165) is 10.3 Å². The summed E-state index contributed by atoms with van der Waals surface area (Å²) in [6.07, 6.45) is 1.11. The first-order valence-electron chi connectivity index (χ1n) is 5.89. The Hall–Kier alpha value is -1.90. The molecule has 0 fully saturated rings. The van der Waals surface area contributed by atoms with E-state index in [9.17, 15) is 8.42 Å². The summed E-state index contributed by atoms with van der Waals surface area (Å²) in [4.78, 5) is 11.6. The molecule has 0 amide bonds. The van der Waals surface area contributed by atoms with Crippen molar-refractivity contribution in [2.24, 2.45) is 0 Å². The van der Waals surface area contributed by atoms with Crippen LogP contribution in [-0.4, -0.2) is 34.5 Å². The summed E-state index contributed by atoms with van der Waals surface area (Å²) in [7, 11) is -2.40. The van der Waals surface area contributed by atoms with Crippen LogP contribution in [0.25, 0.3) is 11.2 Å². The fourth-order valence-electron chi connectivity index (χ4n) is 1.86. The number of fused-ring (bicyclic) bond motifs is 1. The molecule has 0 aliphatic carbocycles. The molecule has 0 N–H and O–H groups in total. The number of nitrogens with zero attached hydrogens (tertiary/aromatic N) is 4. The van der Waals surface area contributed by atoms with Crippen molar-refractivity contribution >= 4 is 44.4 Å². The van der Waals surface area contributed by atoms with Gasteiger partial charge in [0, 0.05) is 0 Å². The molecule has 0 saturated carbocycles. The van der Waals surface area contributed by atoms with E-state index in [1.807, 2.05) is 0 Å². The molecule has 0 bridgehead atoms. The summed E-state index contributed by atoms with van der Waals surface area (Å²) in [6.45, 7) is 0. The number of aromatic nitrogens is 4. The van der Waals surface area contributed by atoms with E-state index < -0.39 is 10.0 Å². The van der Waals surface area contributed by atoms with Gasteiger partial charge in [-0.3, -0.25) is 0 Å². The van der Waals surface area contributed by atoms with Gasteiger partial charge in [0.2, 0.25) is 5.28 Å². The first-order chi connectivity index (χ1) is 10.4. The lowest BCUT2D eigenvalue weighted by Gasteiger charge is -2.07. The predicted molar refractivity (Wildman–Crippen MR) is 80.9 cm³/mol. The number of hydrogen-bond donors (Lipinski definition) is 0. The number of imidazole rings is 1. The highest BCUT2D eigenvalue weighted by atomic mass is 35.5. The van der Waals surface area contributed by atoms with Crippen molar-refractivity contribution in [2.45, 2.75) is 4.90 Å². The van der Waals surface area contributed by atoms with Crippen molar-refractivity contribution in [3.8, 4) is 5.75 Å². The van der Waals surface area contributed by atoms with Crippen molar-refractivity contribution in [3.05, 3.63) is 41.0 Å². The molecule has 1 aromatic carbocycles. The first kappa shape index (κ1) is 15.0. The molecule has 0 aliphatic rings. The minimum absolute atomic E-state index is 0.0146. The molecule has 3 rings (SSSR count). The van der Waals surface area contributed by atoms with Crippen molar-refractivity contribution in [3.63, 3.8) is 0 Å². The van der Waals surface area contributed by atoms with Crippen LogP contribution in [0.15, 0.2) is 35.5 Å². The van der Waals surface area contributed by atoms with E-state index in [-0.39, 0.29) is 26.5 Å². The SMILES string of the molecule is COc1ccc(S(=O)(=O)n2cnc3c(Cl)nc(Cl)nc32)cc1. The maximum atomic E-state index is 12.7. The third-order valence-corrected chi connectivity index (χ3v) is 5.00. The number of halogens is 2. The maximum absolute atomic E-state index is 12.7. The minimum atomic E-state index is -3.89. The van der Waals surface area contributed by atoms with E-state index >= 15 is 0 Å². The first-order valence-corrected chi connectivity index (χ1v) is 8.09. The molecule has 114 valence electrons. The minimum Gasteiger partial charge on any atom is -0.497 e. The molecule has 0 aliphatic heterocycles. The molecule has 0 atom stereocenters. The molecule has 0 saturated heterocycles. The highest BCUT2D eigenvalue weighted by Gasteiger charge is 2.22. The highest BCUT2D eigenvalue weighted by Crippen LogP contribution is 2.25. The second-order valence-corrected chi connectivity index (χ2v) is 6.69. The average Bonchev–Trinajstić information content (AvgIpc) is 2.92. The van der Waals surface area contributed by atoms with Gasteiger partial charge in [-0.1, -0.05) is 11.6 Å². The smallest absolute Gasteiger partial charge is 0.270 e. The molecule has 0 unspecified atom stereocenters. The van der Waals surface area contributed by atoms with Crippen LogP contribution in [0, 0.1) is 0 Å². The summed E-state index contributed by atoms with van der Waals surface area (Å²) >= 11 is 11.6. The van der Waals surface area contributed by atoms with Gasteiger partial charge in [-0.15, -0.1) is 0 Å². The molecule has 2 heterocycles. The molecular formula is C12H8Cl2N4O3S. The van der Waals surface area contributed by atoms with Gasteiger partial charge in [0.05, 0.1) is 12.0 Å². The van der Waals surface area contributed by atoms with E-state index in [1.165, 1.54) is 19.2 Å². The van der Waals surface area contributed by atoms with Crippen LogP contribution in [0.5, 0.6) is 5.75 Å². The molecule has 7 nitrogen and oxygen atoms in total. The fraction of sp³-hybridized carbons (Fsp3) is 0.0833. The van der Waals surface area contributed by atoms with Crippen LogP contribution in [0.2, 0.25) is 10.4 Å². The number of benzene rings is 1. The van der Waals surface area contributed by atoms with Crippen LogP contribution in [0.3, 0.4) is 0 Å². The third-order valence-electron chi connectivity index (χ3n) is 2.91. The van der Waals surface area contributed by atoms with Crippen LogP contribution in [0.4, 0.5) is 0 Å². The summed E-state index contributed by atoms with van der Waals surface area (Å²) in [6, 6.07) is 5.93. The van der Waals surface area contributed by atoms with Gasteiger partial charge in [0.25, 0.3) is 10.0 Å². The number of hydrogen-bond acceptors (Lipinski definition) is 6. The standard InChI is InChI=1S/C12H8Cl2N4O3S/c1-21-7-2-4-8(5-3-7)22(19,20)18-6-15-9-10(13)16-12(14)17-11(9)18/h2-6H,1H3. The second kappa shape index (κ2) is 5.38. The lowest BCUT2D eigenvalue weighted by atomic mass is 10.3. The van der Waals surface area contributed by atoms with Gasteiger partial charge in [-0.2, -0.15) is 4.98 Å². The molecule has 10 heteroatoms. The molecule has 0 spiro atoms. The second-order valence-electron chi connectivity index (χ2n) is 4.18. The van der Waals surface area contributed by atoms with Crippen molar-refractivity contribution in [2.75, 3.05) is 7.11 Å². The summed E-state index contributed by atoms with van der Waals surface area (Å²) in [5.74, 6) is 0.544. The topological polar surface area (TPSA) is 87.0 Å². The summed E-state index contributed by atoms with van der Waals surface area (Å²) in [5, 5.41) is -0.178. The zero-order valence-electron chi connectivity index (χ0n) is 11.1. The lowest BCUT2D eigenvalue weighted by molar-refractivity contribution is 0.414. The zero-order valence-corrected chi connectivity index (χ0v) is 13.4. The number of ether oxygens (including phenoxy) is 1. The quantitative estimate of drug-likeness (QED) is 0.527. The average molecular weight is 359 g/mol. The number of rotatable bonds is 3. The highest BCUT2D eigenvalue weighted by molar-refractivity contribution is 7.90. The Morgan fingerprint density at radius 2 is 1.82 bits per heavy atom. The summed E-state index contributed by atoms with van der Waals surface area (Å²) in [5.41, 5.74) is 0.170. The van der Waals surface area contributed by atoms with E-state index in [2.05, 4.69) is 15.0 Å². The Labute approximate surface area is 135 Å². The predicted octanol–water partition coefficient (Wildman–Crippen LogP) is 2.38. The van der Waals surface area contributed by atoms with Gasteiger partial charge in [0.15, 0.2) is 10.8 Å². The molecule has 0 radical (unpaired) electrons. The largest absolute Gasteiger partial charge is 0.497 e. The lowest BCUT2D eigenvalue weighted by Crippen LogP contribution is -2.12. The molecule has 22 heavy (non-hydrogen) atoms. The van der Waals surface area contributed by atoms with E-state index in [0.29, 0.717) is 5.75 Å². The number of methoxy groups -OCH3 is 1. The van der Waals surface area contributed by atoms with E-state index in [1.54, 1.807) is 12.1 Å². The third kappa shape index (κ3) is 2.39. The zero-order chi connectivity index (χ0) is 15.9. The Balaban J connectivity index is 2.20. The monoisotopic (exact) mass is 358 g/mol. The van der Waals surface area contributed by atoms with Gasteiger partial charge in [-0.25, -0.2) is 22.4 Å². The van der Waals surface area contributed by atoms with Crippen molar-refractivity contribution in [1.29, 1.82) is 0 Å². The Morgan fingerprint density at radius 3 is 2.45 bits per heavy atom. The normalized spacial score (nSPS) is 11.8. The van der Waals surface area contributed by atoms with Gasteiger partial charge >= 0.3 is 0 Å². The van der Waals surface area contributed by atoms with Gasteiger partial charge in [0.1, 0.15) is 17.6 Å². The van der Waals surface area contributed by atoms with Crippen LogP contribution in [-0.2, 0) is 10.0 Å². The van der Waals surface area contributed by atoms with Crippen LogP contribution in [0.1, 0.15) is 0 Å². The molecule has 2 aromatic heterocycles. The van der Waals surface area contributed by atoms with Gasteiger partial charge in [-0.05, 0) is 35.9 Å². The van der Waals surface area contributed by atoms with Crippen LogP contribution >= 0.6 is 23.2 Å². The van der Waals surface area contributed by atoms with Gasteiger partial charge < -0.3 is 4.74 Å². The fourth-order valence-corrected chi connectivity index (χ4v) is 3.51. The Kier molecular flexibility index (Phi) is 3.67. The van der Waals surface area contributed by atoms with Crippen molar-refractivity contribution < 1.29 is 13.2 Å². The Morgan fingerprint density at radius 1 is 1.14 bits per heavy atom. The van der Waals surface area contributed by atoms with E-state index in [4.69, 9.17) is 27.9 Å². The van der Waals surface area contributed by atoms with Crippen LogP contribution < -0.4 is 4.74 Å². The van der Waals surface area contributed by atoms with Crippen molar-refractivity contribution in [1.82, 2.24) is 18.9 Å². The maximum Gasteiger partial charge on any atom is 0.270 e. The molecular weight excluding hydrogens is 351 g/mol. The Bertz CT molecular complexity index is 954. The summed E-state index contributed by atoms with van der Waals surface area (Å²) < 4.78 is 31.2. The molecule has 3 aromatic rings.